The quantitative estimate of drug-likeness (QED) is 0.705. The van der Waals surface area contributed by atoms with Gasteiger partial charge in [0.05, 0.1) is 10.6 Å². The van der Waals surface area contributed by atoms with E-state index in [1.165, 1.54) is 31.2 Å². The van der Waals surface area contributed by atoms with E-state index >= 15 is 0 Å². The number of para-hydroxylation sites is 2. The van der Waals surface area contributed by atoms with Crippen LogP contribution < -0.4 is 20.5 Å². The predicted octanol–water partition coefficient (Wildman–Crippen LogP) is 1.06. The molecule has 0 saturated heterocycles. The number of sulfonamides is 1. The second-order valence-corrected chi connectivity index (χ2v) is 7.17. The lowest BCUT2D eigenvalue weighted by Gasteiger charge is -2.33. The lowest BCUT2D eigenvalue weighted by Crippen LogP contribution is -2.56. The first-order chi connectivity index (χ1) is 11.7. The number of carbonyl (C=O) groups excluding carboxylic acids is 2. The first-order valence-electron chi connectivity index (χ1n) is 7.24. The Morgan fingerprint density at radius 3 is 2.44 bits per heavy atom. The SMILES string of the molecule is CC1(C(=O)Nc2ccc(S(N)(=O)=O)cc2)Oc2ccccc2NC1=O. The Bertz CT molecular complexity index is 956. The van der Waals surface area contributed by atoms with E-state index in [-0.39, 0.29) is 4.90 Å². The topological polar surface area (TPSA) is 128 Å². The van der Waals surface area contributed by atoms with E-state index in [9.17, 15) is 18.0 Å². The molecule has 2 aromatic rings. The van der Waals surface area contributed by atoms with Crippen molar-refractivity contribution in [3.05, 3.63) is 48.5 Å². The predicted molar refractivity (Wildman–Crippen MR) is 90.5 cm³/mol. The highest BCUT2D eigenvalue weighted by atomic mass is 32.2. The Hall–Kier alpha value is -2.91. The zero-order valence-electron chi connectivity index (χ0n) is 13.1. The molecule has 0 radical (unpaired) electrons. The molecule has 4 N–H and O–H groups in total. The molecule has 1 aliphatic rings. The van der Waals surface area contributed by atoms with Crippen LogP contribution in [0.3, 0.4) is 0 Å². The molecule has 0 saturated carbocycles. The molecule has 0 aliphatic carbocycles. The van der Waals surface area contributed by atoms with Crippen LogP contribution in [0.25, 0.3) is 0 Å². The average Bonchev–Trinajstić information content (AvgIpc) is 2.55. The summed E-state index contributed by atoms with van der Waals surface area (Å²) < 4.78 is 28.1. The molecule has 2 amide bonds. The minimum absolute atomic E-state index is 0.0858. The number of anilines is 2. The lowest BCUT2D eigenvalue weighted by atomic mass is 10.0. The highest BCUT2D eigenvalue weighted by molar-refractivity contribution is 7.89. The van der Waals surface area contributed by atoms with Crippen LogP contribution in [0.1, 0.15) is 6.92 Å². The van der Waals surface area contributed by atoms with Crippen molar-refractivity contribution < 1.29 is 22.7 Å². The molecule has 8 nitrogen and oxygen atoms in total. The van der Waals surface area contributed by atoms with Gasteiger partial charge in [-0.05, 0) is 43.3 Å². The largest absolute Gasteiger partial charge is 0.466 e. The fourth-order valence-corrected chi connectivity index (χ4v) is 2.81. The Morgan fingerprint density at radius 2 is 1.80 bits per heavy atom. The summed E-state index contributed by atoms with van der Waals surface area (Å²) in [4.78, 5) is 24.8. The van der Waals surface area contributed by atoms with Crippen molar-refractivity contribution in [3.8, 4) is 5.75 Å². The minimum Gasteiger partial charge on any atom is -0.466 e. The minimum atomic E-state index is -3.82. The highest BCUT2D eigenvalue weighted by Gasteiger charge is 2.47. The fraction of sp³-hybridized carbons (Fsp3) is 0.125. The van der Waals surface area contributed by atoms with Gasteiger partial charge in [0, 0.05) is 5.69 Å². The number of hydrogen-bond acceptors (Lipinski definition) is 5. The molecule has 0 aromatic heterocycles. The summed E-state index contributed by atoms with van der Waals surface area (Å²) >= 11 is 0. The standard InChI is InChI=1S/C16H15N3O5S/c1-16(15(21)19-12-4-2-3-5-13(12)24-16)14(20)18-10-6-8-11(9-7-10)25(17,22)23/h2-9H,1H3,(H,18,20)(H,19,21)(H2,17,22,23). The van der Waals surface area contributed by atoms with Crippen LogP contribution in [0.2, 0.25) is 0 Å². The van der Waals surface area contributed by atoms with Gasteiger partial charge in [0.25, 0.3) is 17.4 Å². The highest BCUT2D eigenvalue weighted by Crippen LogP contribution is 2.33. The van der Waals surface area contributed by atoms with E-state index < -0.39 is 27.4 Å². The monoisotopic (exact) mass is 361 g/mol. The number of nitrogens with two attached hydrogens (primary N) is 1. The third-order valence-corrected chi connectivity index (χ3v) is 4.69. The number of amides is 2. The Morgan fingerprint density at radius 1 is 1.16 bits per heavy atom. The third kappa shape index (κ3) is 3.19. The summed E-state index contributed by atoms with van der Waals surface area (Å²) in [5.41, 5.74) is -0.989. The number of hydrogen-bond donors (Lipinski definition) is 3. The molecule has 1 aliphatic heterocycles. The number of carbonyl (C=O) groups is 2. The van der Waals surface area contributed by atoms with Crippen LogP contribution in [-0.4, -0.2) is 25.8 Å². The third-order valence-electron chi connectivity index (χ3n) is 3.76. The molecule has 130 valence electrons. The van der Waals surface area contributed by atoms with Gasteiger partial charge in [-0.15, -0.1) is 0 Å². The molecule has 2 aromatic carbocycles. The van der Waals surface area contributed by atoms with Crippen LogP contribution in [0.5, 0.6) is 5.75 Å². The number of primary sulfonamides is 1. The van der Waals surface area contributed by atoms with Gasteiger partial charge < -0.3 is 15.4 Å². The molecule has 1 heterocycles. The van der Waals surface area contributed by atoms with Crippen LogP contribution in [-0.2, 0) is 19.6 Å². The van der Waals surface area contributed by atoms with E-state index in [4.69, 9.17) is 9.88 Å². The second-order valence-electron chi connectivity index (χ2n) is 5.61. The summed E-state index contributed by atoms with van der Waals surface area (Å²) in [6, 6.07) is 12.0. The lowest BCUT2D eigenvalue weighted by molar-refractivity contribution is -0.143. The van der Waals surface area contributed by atoms with E-state index in [0.29, 0.717) is 17.1 Å². The molecule has 1 atom stereocenters. The summed E-state index contributed by atoms with van der Waals surface area (Å²) in [7, 11) is -3.82. The molecule has 0 spiro atoms. The molecule has 0 bridgehead atoms. The van der Waals surface area contributed by atoms with Crippen molar-refractivity contribution in [2.24, 2.45) is 5.14 Å². The van der Waals surface area contributed by atoms with Gasteiger partial charge in [-0.25, -0.2) is 13.6 Å². The Labute approximate surface area is 144 Å². The second kappa shape index (κ2) is 5.87. The molecular weight excluding hydrogens is 346 g/mol. The molecule has 25 heavy (non-hydrogen) atoms. The molecule has 1 unspecified atom stereocenters. The van der Waals surface area contributed by atoms with Crippen LogP contribution in [0.4, 0.5) is 11.4 Å². The van der Waals surface area contributed by atoms with Crippen molar-refractivity contribution in [3.63, 3.8) is 0 Å². The molecular formula is C16H15N3O5S. The maximum Gasteiger partial charge on any atom is 0.278 e. The van der Waals surface area contributed by atoms with E-state index in [0.717, 1.165) is 0 Å². The van der Waals surface area contributed by atoms with Gasteiger partial charge in [-0.3, -0.25) is 9.59 Å². The maximum absolute atomic E-state index is 12.6. The van der Waals surface area contributed by atoms with E-state index in [1.54, 1.807) is 24.3 Å². The Kier molecular flexibility index (Phi) is 3.97. The van der Waals surface area contributed by atoms with Gasteiger partial charge >= 0.3 is 0 Å². The average molecular weight is 361 g/mol. The number of nitrogens with one attached hydrogen (secondary N) is 2. The van der Waals surface area contributed by atoms with Gasteiger partial charge in [-0.2, -0.15) is 0 Å². The Balaban J connectivity index is 1.82. The number of fused-ring (bicyclic) bond motifs is 1. The maximum atomic E-state index is 12.6. The summed E-state index contributed by atoms with van der Waals surface area (Å²) in [5.74, 6) is -0.919. The molecule has 0 fully saturated rings. The number of rotatable bonds is 3. The molecule has 9 heteroatoms. The van der Waals surface area contributed by atoms with E-state index in [2.05, 4.69) is 10.6 Å². The first-order valence-corrected chi connectivity index (χ1v) is 8.78. The van der Waals surface area contributed by atoms with Crippen molar-refractivity contribution >= 4 is 33.2 Å². The summed E-state index contributed by atoms with van der Waals surface area (Å²) in [5, 5.41) is 10.2. The van der Waals surface area contributed by atoms with Crippen LogP contribution in [0, 0.1) is 0 Å². The van der Waals surface area contributed by atoms with Gasteiger partial charge in [-0.1, -0.05) is 12.1 Å². The van der Waals surface area contributed by atoms with Crippen molar-refractivity contribution in [2.75, 3.05) is 10.6 Å². The smallest absolute Gasteiger partial charge is 0.278 e. The fourth-order valence-electron chi connectivity index (χ4n) is 2.29. The van der Waals surface area contributed by atoms with Gasteiger partial charge in [0.1, 0.15) is 5.75 Å². The van der Waals surface area contributed by atoms with Gasteiger partial charge in [0.15, 0.2) is 0 Å². The summed E-state index contributed by atoms with van der Waals surface area (Å²) in [6.07, 6.45) is 0. The van der Waals surface area contributed by atoms with Crippen molar-refractivity contribution in [2.45, 2.75) is 17.4 Å². The number of benzene rings is 2. The first kappa shape index (κ1) is 16.9. The van der Waals surface area contributed by atoms with Crippen LogP contribution >= 0.6 is 0 Å². The molecule has 3 rings (SSSR count). The zero-order valence-corrected chi connectivity index (χ0v) is 14.0. The zero-order chi connectivity index (χ0) is 18.2. The number of ether oxygens (including phenoxy) is 1. The van der Waals surface area contributed by atoms with Crippen LogP contribution in [0.15, 0.2) is 53.4 Å². The van der Waals surface area contributed by atoms with Crippen molar-refractivity contribution in [1.29, 1.82) is 0 Å². The van der Waals surface area contributed by atoms with Gasteiger partial charge in [0.2, 0.25) is 10.0 Å². The summed E-state index contributed by atoms with van der Waals surface area (Å²) in [6.45, 7) is 1.35. The van der Waals surface area contributed by atoms with Crippen molar-refractivity contribution in [1.82, 2.24) is 0 Å². The normalized spacial score (nSPS) is 19.4. The van der Waals surface area contributed by atoms with E-state index in [1.807, 2.05) is 0 Å².